The molecule has 3 aliphatic heterocycles. The Labute approximate surface area is 239 Å². The molecule has 40 heavy (non-hydrogen) atoms. The van der Waals surface area contributed by atoms with Gasteiger partial charge in [-0.1, -0.05) is 79.7 Å². The minimum atomic E-state index is 0.138. The minimum Gasteiger partial charge on any atom is -0.489 e. The van der Waals surface area contributed by atoms with Gasteiger partial charge in [-0.05, 0) is 85.5 Å². The van der Waals surface area contributed by atoms with Crippen LogP contribution < -0.4 is 5.32 Å². The van der Waals surface area contributed by atoms with Crippen molar-refractivity contribution in [3.8, 4) is 0 Å². The van der Waals surface area contributed by atoms with Gasteiger partial charge in [0.1, 0.15) is 11.9 Å². The molecule has 0 aromatic heterocycles. The SMILES string of the molecule is C1=CC2C3CCCCC3C3(C4=CCCC=C4OC4C(C5=NC6C(C=C5)CC=C5C=CCNC56)CC=CC43)C2C=C1. The molecule has 3 heteroatoms. The Morgan fingerprint density at radius 1 is 0.875 bits per heavy atom. The summed E-state index contributed by atoms with van der Waals surface area (Å²) < 4.78 is 7.20. The summed E-state index contributed by atoms with van der Waals surface area (Å²) in [7, 11) is 0. The number of fused-ring (bicyclic) bond motifs is 12. The normalized spacial score (nSPS) is 47.4. The standard InChI is InChI=1S/C37H42N2O/c1-3-13-28-25(10-1)26-11-2-4-14-29(26)37(28)30-15-5-6-17-33(30)40-36-27(12-7-16-31(36)37)32-21-20-24-19-18-23-9-8-22-38-34(23)35(24)39-32/h1,3,7-10,13,15-18,20-21,24-29,31,34-36,38H,2,4-6,11-12,14,19,22H2. The zero-order valence-electron chi connectivity index (χ0n) is 23.5. The fraction of sp³-hybridized carbons (Fsp3) is 0.541. The predicted molar refractivity (Wildman–Crippen MR) is 162 cm³/mol. The van der Waals surface area contributed by atoms with Gasteiger partial charge < -0.3 is 10.1 Å². The van der Waals surface area contributed by atoms with Crippen LogP contribution in [0, 0.1) is 46.8 Å². The van der Waals surface area contributed by atoms with Crippen LogP contribution in [-0.2, 0) is 4.74 Å². The van der Waals surface area contributed by atoms with Gasteiger partial charge in [0.2, 0.25) is 0 Å². The molecule has 0 amide bonds. The largest absolute Gasteiger partial charge is 0.489 e. The molecule has 6 aliphatic carbocycles. The molecule has 1 saturated heterocycles. The lowest BCUT2D eigenvalue weighted by atomic mass is 9.51. The van der Waals surface area contributed by atoms with Gasteiger partial charge in [0.05, 0.1) is 12.1 Å². The number of aliphatic imine (C=N–C) groups is 1. The van der Waals surface area contributed by atoms with Crippen molar-refractivity contribution in [1.29, 1.82) is 0 Å². The quantitative estimate of drug-likeness (QED) is 0.364. The van der Waals surface area contributed by atoms with Crippen molar-refractivity contribution >= 4 is 5.71 Å². The highest BCUT2D eigenvalue weighted by atomic mass is 16.5. The van der Waals surface area contributed by atoms with E-state index in [1.165, 1.54) is 42.7 Å². The maximum Gasteiger partial charge on any atom is 0.119 e. The van der Waals surface area contributed by atoms with Crippen molar-refractivity contribution in [3.63, 3.8) is 0 Å². The van der Waals surface area contributed by atoms with Crippen molar-refractivity contribution in [2.24, 2.45) is 51.8 Å². The van der Waals surface area contributed by atoms with Gasteiger partial charge in [-0.3, -0.25) is 4.99 Å². The van der Waals surface area contributed by atoms with Crippen LogP contribution in [0.3, 0.4) is 0 Å². The lowest BCUT2D eigenvalue weighted by molar-refractivity contribution is -0.0624. The monoisotopic (exact) mass is 530 g/mol. The molecule has 3 heterocycles. The summed E-state index contributed by atoms with van der Waals surface area (Å²) in [5, 5.41) is 3.77. The highest BCUT2D eigenvalue weighted by Gasteiger charge is 2.67. The van der Waals surface area contributed by atoms with Crippen LogP contribution in [0.1, 0.15) is 51.4 Å². The lowest BCUT2D eigenvalue weighted by Gasteiger charge is -2.57. The average molecular weight is 531 g/mol. The van der Waals surface area contributed by atoms with Crippen LogP contribution in [0.2, 0.25) is 0 Å². The maximum absolute atomic E-state index is 7.20. The summed E-state index contributed by atoms with van der Waals surface area (Å²) in [6.45, 7) is 0.943. The van der Waals surface area contributed by atoms with Gasteiger partial charge in [-0.15, -0.1) is 0 Å². The second-order valence-corrected chi connectivity index (χ2v) is 13.8. The van der Waals surface area contributed by atoms with Gasteiger partial charge >= 0.3 is 0 Å². The molecule has 2 saturated carbocycles. The molecule has 0 bridgehead atoms. The Kier molecular flexibility index (Phi) is 5.51. The summed E-state index contributed by atoms with van der Waals surface area (Å²) in [5.41, 5.74) is 4.42. The number of dihydropyridines is 1. The van der Waals surface area contributed by atoms with Gasteiger partial charge in [-0.2, -0.15) is 0 Å². The van der Waals surface area contributed by atoms with Crippen molar-refractivity contribution in [2.75, 3.05) is 6.54 Å². The first-order valence-electron chi connectivity index (χ1n) is 16.3. The molecule has 3 nitrogen and oxygen atoms in total. The third-order valence-corrected chi connectivity index (χ3v) is 12.3. The molecule has 11 unspecified atom stereocenters. The van der Waals surface area contributed by atoms with Crippen LogP contribution in [-0.4, -0.2) is 30.4 Å². The highest BCUT2D eigenvalue weighted by molar-refractivity contribution is 5.98. The Morgan fingerprint density at radius 3 is 2.80 bits per heavy atom. The van der Waals surface area contributed by atoms with E-state index in [0.717, 1.165) is 44.1 Å². The van der Waals surface area contributed by atoms with Gasteiger partial charge in [0.15, 0.2) is 0 Å². The summed E-state index contributed by atoms with van der Waals surface area (Å²) in [5.74, 6) is 5.19. The number of hydrogen-bond acceptors (Lipinski definition) is 3. The second kappa shape index (κ2) is 9.18. The molecule has 206 valence electrons. The van der Waals surface area contributed by atoms with Crippen LogP contribution in [0.25, 0.3) is 0 Å². The van der Waals surface area contributed by atoms with E-state index in [2.05, 4.69) is 84.3 Å². The fourth-order valence-corrected chi connectivity index (χ4v) is 10.8. The van der Waals surface area contributed by atoms with E-state index in [1.807, 2.05) is 0 Å². The smallest absolute Gasteiger partial charge is 0.119 e. The van der Waals surface area contributed by atoms with E-state index in [4.69, 9.17) is 9.73 Å². The minimum absolute atomic E-state index is 0.138. The van der Waals surface area contributed by atoms with Gasteiger partial charge in [0.25, 0.3) is 0 Å². The molecular formula is C37H42N2O. The number of nitrogens with one attached hydrogen (secondary N) is 1. The predicted octanol–water partition coefficient (Wildman–Crippen LogP) is 7.20. The van der Waals surface area contributed by atoms with Gasteiger partial charge in [0, 0.05) is 35.4 Å². The molecule has 3 fully saturated rings. The van der Waals surface area contributed by atoms with E-state index in [9.17, 15) is 0 Å². The third kappa shape index (κ3) is 3.25. The number of hydrogen-bond donors (Lipinski definition) is 1. The molecule has 0 aromatic carbocycles. The molecular weight excluding hydrogens is 488 g/mol. The molecule has 1 N–H and O–H groups in total. The number of nitrogens with zero attached hydrogens (tertiary/aromatic N) is 1. The molecule has 1 spiro atoms. The van der Waals surface area contributed by atoms with Crippen molar-refractivity contribution in [1.82, 2.24) is 5.32 Å². The average Bonchev–Trinajstić information content (AvgIpc) is 3.32. The second-order valence-electron chi connectivity index (χ2n) is 13.8. The van der Waals surface area contributed by atoms with E-state index >= 15 is 0 Å². The molecule has 9 rings (SSSR count). The van der Waals surface area contributed by atoms with Crippen LogP contribution in [0.15, 0.2) is 101 Å². The number of rotatable bonds is 1. The Bertz CT molecular complexity index is 1370. The Balaban J connectivity index is 1.15. The zero-order chi connectivity index (χ0) is 26.3. The molecule has 0 aromatic rings. The number of allylic oxidation sites excluding steroid dienone is 10. The highest BCUT2D eigenvalue weighted by Crippen LogP contribution is 2.71. The molecule has 9 aliphatic rings. The number of ether oxygens (including phenoxy) is 1. The first kappa shape index (κ1) is 24.0. The van der Waals surface area contributed by atoms with Crippen LogP contribution >= 0.6 is 0 Å². The third-order valence-electron chi connectivity index (χ3n) is 12.3. The zero-order valence-corrected chi connectivity index (χ0v) is 23.5. The van der Waals surface area contributed by atoms with Crippen molar-refractivity contribution in [2.45, 2.75) is 69.6 Å². The summed E-state index contributed by atoms with van der Waals surface area (Å²) in [4.78, 5) is 5.60. The van der Waals surface area contributed by atoms with E-state index in [-0.39, 0.29) is 11.5 Å². The first-order chi connectivity index (χ1) is 19.8. The Morgan fingerprint density at radius 2 is 1.80 bits per heavy atom. The Hall–Kier alpha value is -2.65. The molecule has 0 radical (unpaired) electrons. The van der Waals surface area contributed by atoms with E-state index in [1.54, 1.807) is 5.57 Å². The summed E-state index contributed by atoms with van der Waals surface area (Å²) >= 11 is 0. The van der Waals surface area contributed by atoms with Crippen molar-refractivity contribution < 1.29 is 4.74 Å². The van der Waals surface area contributed by atoms with E-state index < -0.39 is 0 Å². The fourth-order valence-electron chi connectivity index (χ4n) is 10.8. The van der Waals surface area contributed by atoms with Gasteiger partial charge in [-0.25, -0.2) is 0 Å². The van der Waals surface area contributed by atoms with Crippen LogP contribution in [0.4, 0.5) is 0 Å². The topological polar surface area (TPSA) is 33.6 Å². The summed E-state index contributed by atoms with van der Waals surface area (Å²) in [6, 6.07) is 0.631. The summed E-state index contributed by atoms with van der Waals surface area (Å²) in [6.07, 6.45) is 42.0. The van der Waals surface area contributed by atoms with Crippen LogP contribution in [0.5, 0.6) is 0 Å². The first-order valence-corrected chi connectivity index (χ1v) is 16.3. The molecule has 11 atom stereocenters. The maximum atomic E-state index is 7.20. The van der Waals surface area contributed by atoms with E-state index in [0.29, 0.717) is 41.7 Å². The lowest BCUT2D eigenvalue weighted by Crippen LogP contribution is -2.56. The van der Waals surface area contributed by atoms with Crippen molar-refractivity contribution in [3.05, 3.63) is 95.9 Å².